The average molecular weight is 391 g/mol. The molecule has 0 aromatic heterocycles. The number of anilines is 1. The molecule has 0 aliphatic carbocycles. The molecule has 0 heterocycles. The molecule has 1 N–H and O–H groups in total. The average Bonchev–Trinajstić information content (AvgIpc) is 2.56. The maximum Gasteiger partial charge on any atom is 0.322 e. The Morgan fingerprint density at radius 2 is 1.76 bits per heavy atom. The SMILES string of the molecule is CC(C)N(Cc1ccc(Cl)c(Cl)c1)C(=O)Nc1ccc(F)c(F)c1F. The molecule has 2 rings (SSSR count). The first-order valence-corrected chi connectivity index (χ1v) is 8.11. The molecule has 8 heteroatoms. The number of carbonyl (C=O) groups is 1. The second-order valence-corrected chi connectivity index (χ2v) is 6.44. The minimum atomic E-state index is -1.64. The maximum absolute atomic E-state index is 13.7. The summed E-state index contributed by atoms with van der Waals surface area (Å²) in [6, 6.07) is 5.72. The Bertz CT molecular complexity index is 800. The summed E-state index contributed by atoms with van der Waals surface area (Å²) >= 11 is 11.8. The van der Waals surface area contributed by atoms with Crippen molar-refractivity contribution in [3.63, 3.8) is 0 Å². The van der Waals surface area contributed by atoms with Crippen LogP contribution in [-0.2, 0) is 6.54 Å². The molecule has 2 aromatic carbocycles. The molecule has 0 bridgehead atoms. The number of benzene rings is 2. The van der Waals surface area contributed by atoms with E-state index in [2.05, 4.69) is 5.32 Å². The summed E-state index contributed by atoms with van der Waals surface area (Å²) in [5.74, 6) is -4.42. The van der Waals surface area contributed by atoms with E-state index >= 15 is 0 Å². The van der Waals surface area contributed by atoms with Gasteiger partial charge in [0.15, 0.2) is 17.5 Å². The summed E-state index contributed by atoms with van der Waals surface area (Å²) in [6.45, 7) is 3.70. The van der Waals surface area contributed by atoms with E-state index in [-0.39, 0.29) is 12.6 Å². The molecule has 2 aromatic rings. The van der Waals surface area contributed by atoms with Gasteiger partial charge in [-0.2, -0.15) is 0 Å². The lowest BCUT2D eigenvalue weighted by Gasteiger charge is -2.27. The highest BCUT2D eigenvalue weighted by atomic mass is 35.5. The molecule has 0 saturated carbocycles. The van der Waals surface area contributed by atoms with Gasteiger partial charge in [-0.1, -0.05) is 29.3 Å². The number of halogens is 5. The molecule has 0 saturated heterocycles. The summed E-state index contributed by atoms with van der Waals surface area (Å²) < 4.78 is 40.0. The standard InChI is InChI=1S/C17H15Cl2F3N2O/c1-9(2)24(8-10-3-4-11(18)12(19)7-10)17(25)23-14-6-5-13(20)15(21)16(14)22/h3-7,9H,8H2,1-2H3,(H,23,25). The van der Waals surface area contributed by atoms with Crippen molar-refractivity contribution in [2.24, 2.45) is 0 Å². The van der Waals surface area contributed by atoms with E-state index in [0.717, 1.165) is 12.1 Å². The Morgan fingerprint density at radius 3 is 2.36 bits per heavy atom. The molecule has 134 valence electrons. The Balaban J connectivity index is 2.21. The van der Waals surface area contributed by atoms with Gasteiger partial charge in [0.05, 0.1) is 15.7 Å². The van der Waals surface area contributed by atoms with Gasteiger partial charge in [0.1, 0.15) is 0 Å². The van der Waals surface area contributed by atoms with Crippen molar-refractivity contribution in [1.82, 2.24) is 4.90 Å². The quantitative estimate of drug-likeness (QED) is 0.652. The summed E-state index contributed by atoms with van der Waals surface area (Å²) in [5, 5.41) is 2.98. The number of hydrogen-bond acceptors (Lipinski definition) is 1. The van der Waals surface area contributed by atoms with Crippen LogP contribution in [0.1, 0.15) is 19.4 Å². The lowest BCUT2D eigenvalue weighted by molar-refractivity contribution is 0.193. The first-order chi connectivity index (χ1) is 11.7. The van der Waals surface area contributed by atoms with E-state index in [4.69, 9.17) is 23.2 Å². The van der Waals surface area contributed by atoms with Crippen LogP contribution in [-0.4, -0.2) is 17.0 Å². The molecule has 2 amide bonds. The number of nitrogens with zero attached hydrogens (tertiary/aromatic N) is 1. The number of carbonyl (C=O) groups excluding carboxylic acids is 1. The Kier molecular flexibility index (Phi) is 6.19. The topological polar surface area (TPSA) is 32.3 Å². The van der Waals surface area contributed by atoms with Crippen molar-refractivity contribution < 1.29 is 18.0 Å². The molecule has 0 unspecified atom stereocenters. The molecule has 0 atom stereocenters. The predicted molar refractivity (Wildman–Crippen MR) is 92.5 cm³/mol. The molecule has 0 aliphatic heterocycles. The summed E-state index contributed by atoms with van der Waals surface area (Å²) in [7, 11) is 0. The fourth-order valence-corrected chi connectivity index (χ4v) is 2.45. The van der Waals surface area contributed by atoms with E-state index < -0.39 is 29.2 Å². The van der Waals surface area contributed by atoms with Crippen LogP contribution in [0.15, 0.2) is 30.3 Å². The van der Waals surface area contributed by atoms with Crippen molar-refractivity contribution in [2.45, 2.75) is 26.4 Å². The van der Waals surface area contributed by atoms with Crippen molar-refractivity contribution in [2.75, 3.05) is 5.32 Å². The highest BCUT2D eigenvalue weighted by Crippen LogP contribution is 2.24. The molecule has 25 heavy (non-hydrogen) atoms. The monoisotopic (exact) mass is 390 g/mol. The molecule has 0 radical (unpaired) electrons. The van der Waals surface area contributed by atoms with Crippen LogP contribution in [0.4, 0.5) is 23.7 Å². The first kappa shape index (κ1) is 19.4. The molecule has 0 aliphatic rings. The van der Waals surface area contributed by atoms with Gasteiger partial charge in [0.2, 0.25) is 0 Å². The molecule has 0 fully saturated rings. The van der Waals surface area contributed by atoms with Gasteiger partial charge >= 0.3 is 6.03 Å². The van der Waals surface area contributed by atoms with Gasteiger partial charge in [-0.25, -0.2) is 18.0 Å². The highest BCUT2D eigenvalue weighted by Gasteiger charge is 2.21. The lowest BCUT2D eigenvalue weighted by Crippen LogP contribution is -2.39. The minimum absolute atomic E-state index is 0.172. The fraction of sp³-hybridized carbons (Fsp3) is 0.235. The van der Waals surface area contributed by atoms with Crippen molar-refractivity contribution in [3.8, 4) is 0 Å². The zero-order chi connectivity index (χ0) is 18.7. The number of urea groups is 1. The third kappa shape index (κ3) is 4.58. The van der Waals surface area contributed by atoms with Crippen LogP contribution in [0, 0.1) is 17.5 Å². The zero-order valence-corrected chi connectivity index (χ0v) is 14.9. The molecule has 3 nitrogen and oxygen atoms in total. The lowest BCUT2D eigenvalue weighted by atomic mass is 10.2. The number of amides is 2. The largest absolute Gasteiger partial charge is 0.322 e. The second kappa shape index (κ2) is 7.97. The van der Waals surface area contributed by atoms with Crippen molar-refractivity contribution >= 4 is 34.9 Å². The molecular weight excluding hydrogens is 376 g/mol. The van der Waals surface area contributed by atoms with Crippen LogP contribution in [0.2, 0.25) is 10.0 Å². The normalized spacial score (nSPS) is 10.9. The number of nitrogens with one attached hydrogen (secondary N) is 1. The summed E-state index contributed by atoms with van der Waals surface area (Å²) in [6.07, 6.45) is 0. The Morgan fingerprint density at radius 1 is 1.08 bits per heavy atom. The van der Waals surface area contributed by atoms with Gasteiger partial charge in [0, 0.05) is 12.6 Å². The van der Waals surface area contributed by atoms with E-state index in [1.54, 1.807) is 32.0 Å². The van der Waals surface area contributed by atoms with Gasteiger partial charge in [-0.15, -0.1) is 0 Å². The van der Waals surface area contributed by atoms with Crippen LogP contribution >= 0.6 is 23.2 Å². The zero-order valence-electron chi connectivity index (χ0n) is 13.4. The van der Waals surface area contributed by atoms with Crippen LogP contribution in [0.3, 0.4) is 0 Å². The minimum Gasteiger partial charge on any atom is -0.318 e. The van der Waals surface area contributed by atoms with Crippen LogP contribution < -0.4 is 5.32 Å². The summed E-state index contributed by atoms with van der Waals surface area (Å²) in [4.78, 5) is 13.8. The maximum atomic E-state index is 13.7. The third-order valence-electron chi connectivity index (χ3n) is 3.50. The Hall–Kier alpha value is -1.92. The molecule has 0 spiro atoms. The van der Waals surface area contributed by atoms with Crippen molar-refractivity contribution in [3.05, 3.63) is 63.4 Å². The number of hydrogen-bond donors (Lipinski definition) is 1. The first-order valence-electron chi connectivity index (χ1n) is 7.35. The van der Waals surface area contributed by atoms with Gasteiger partial charge in [-0.3, -0.25) is 0 Å². The van der Waals surface area contributed by atoms with E-state index in [1.165, 1.54) is 4.90 Å². The smallest absolute Gasteiger partial charge is 0.318 e. The third-order valence-corrected chi connectivity index (χ3v) is 4.24. The molecular formula is C17H15Cl2F3N2O. The van der Waals surface area contributed by atoms with Crippen LogP contribution in [0.25, 0.3) is 0 Å². The second-order valence-electron chi connectivity index (χ2n) is 5.62. The van der Waals surface area contributed by atoms with Gasteiger partial charge in [-0.05, 0) is 43.7 Å². The number of rotatable bonds is 4. The highest BCUT2D eigenvalue weighted by molar-refractivity contribution is 6.42. The predicted octanol–water partition coefficient (Wildman–Crippen LogP) is 5.85. The summed E-state index contributed by atoms with van der Waals surface area (Å²) in [5.41, 5.74) is 0.271. The fourth-order valence-electron chi connectivity index (χ4n) is 2.13. The van der Waals surface area contributed by atoms with Crippen molar-refractivity contribution in [1.29, 1.82) is 0 Å². The van der Waals surface area contributed by atoms with E-state index in [9.17, 15) is 18.0 Å². The van der Waals surface area contributed by atoms with E-state index in [1.807, 2.05) is 0 Å². The van der Waals surface area contributed by atoms with E-state index in [0.29, 0.717) is 15.6 Å². The van der Waals surface area contributed by atoms with Gasteiger partial charge < -0.3 is 10.2 Å². The van der Waals surface area contributed by atoms with Crippen LogP contribution in [0.5, 0.6) is 0 Å². The Labute approximate surface area is 153 Å². The van der Waals surface area contributed by atoms with Gasteiger partial charge in [0.25, 0.3) is 0 Å².